The number of methoxy groups -OCH3 is 2. The summed E-state index contributed by atoms with van der Waals surface area (Å²) in [5.41, 5.74) is 3.33. The lowest BCUT2D eigenvalue weighted by Gasteiger charge is -2.12. The number of ether oxygens (including phenoxy) is 3. The van der Waals surface area contributed by atoms with E-state index in [2.05, 4.69) is 15.8 Å². The lowest BCUT2D eigenvalue weighted by atomic mass is 10.0. The largest absolute Gasteiger partial charge is 0.493 e. The Kier molecular flexibility index (Phi) is 9.21. The molecule has 11 heteroatoms. The van der Waals surface area contributed by atoms with Crippen LogP contribution in [0.1, 0.15) is 26.3 Å². The summed E-state index contributed by atoms with van der Waals surface area (Å²) in [6.45, 7) is -0.340. The van der Waals surface area contributed by atoms with Gasteiger partial charge in [-0.3, -0.25) is 9.59 Å². The van der Waals surface area contributed by atoms with E-state index in [0.29, 0.717) is 22.1 Å². The Hall–Kier alpha value is -4.60. The highest BCUT2D eigenvalue weighted by atomic mass is 35.5. The van der Waals surface area contributed by atoms with Crippen molar-refractivity contribution < 1.29 is 28.6 Å². The molecule has 4 aromatic rings. The van der Waals surface area contributed by atoms with Gasteiger partial charge in [0.25, 0.3) is 11.8 Å². The van der Waals surface area contributed by atoms with Crippen LogP contribution in [0.3, 0.4) is 0 Å². The fraction of sp³-hybridized carbons (Fsp3) is 0.103. The normalized spacial score (nSPS) is 10.8. The Morgan fingerprint density at radius 3 is 2.30 bits per heavy atom. The number of nitrogens with zero attached hydrogens (tertiary/aromatic N) is 1. The second-order valence-corrected chi connectivity index (χ2v) is 9.08. The molecule has 9 nitrogen and oxygen atoms in total. The second kappa shape index (κ2) is 13.0. The fourth-order valence-electron chi connectivity index (χ4n) is 3.73. The van der Waals surface area contributed by atoms with Crippen LogP contribution >= 0.6 is 23.2 Å². The molecule has 0 fully saturated rings. The zero-order chi connectivity index (χ0) is 28.6. The first kappa shape index (κ1) is 28.4. The summed E-state index contributed by atoms with van der Waals surface area (Å²) in [5.74, 6) is -0.623. The van der Waals surface area contributed by atoms with Gasteiger partial charge in [0, 0.05) is 11.1 Å². The Morgan fingerprint density at radius 1 is 0.825 bits per heavy atom. The molecule has 0 heterocycles. The molecule has 204 valence electrons. The summed E-state index contributed by atoms with van der Waals surface area (Å²) >= 11 is 11.8. The molecule has 0 unspecified atom stereocenters. The number of fused-ring (bicyclic) bond motifs is 1. The maximum Gasteiger partial charge on any atom is 0.343 e. The van der Waals surface area contributed by atoms with Crippen molar-refractivity contribution >= 4 is 58.0 Å². The van der Waals surface area contributed by atoms with E-state index >= 15 is 0 Å². The molecule has 0 aromatic heterocycles. The molecule has 0 aliphatic rings. The lowest BCUT2D eigenvalue weighted by Crippen LogP contribution is -2.34. The molecular weight excluding hydrogens is 557 g/mol. The Balaban J connectivity index is 1.48. The molecule has 0 saturated heterocycles. The topological polar surface area (TPSA) is 115 Å². The standard InChI is InChI=1S/C29H23Cl2N3O6/c1-38-25-12-9-19(14-26(25)39-2)29(37)40-24-11-8-17-5-3-4-6-20(17)21(24)15-33-34-27(35)16-32-28(36)18-7-10-22(30)23(31)13-18/h3-15H,16H2,1-2H3,(H,32,36)(H,34,35)/b33-15-. The van der Waals surface area contributed by atoms with Gasteiger partial charge in [0.05, 0.1) is 42.6 Å². The highest BCUT2D eigenvalue weighted by Crippen LogP contribution is 2.30. The number of amides is 2. The Morgan fingerprint density at radius 2 is 1.55 bits per heavy atom. The van der Waals surface area contributed by atoms with Gasteiger partial charge >= 0.3 is 5.97 Å². The molecule has 0 aliphatic carbocycles. The van der Waals surface area contributed by atoms with E-state index in [1.807, 2.05) is 24.3 Å². The monoisotopic (exact) mass is 579 g/mol. The zero-order valence-electron chi connectivity index (χ0n) is 21.4. The lowest BCUT2D eigenvalue weighted by molar-refractivity contribution is -0.120. The molecule has 0 atom stereocenters. The molecule has 4 rings (SSSR count). The highest BCUT2D eigenvalue weighted by Gasteiger charge is 2.16. The zero-order valence-corrected chi connectivity index (χ0v) is 22.9. The summed E-state index contributed by atoms with van der Waals surface area (Å²) in [6.07, 6.45) is 1.37. The third-order valence-electron chi connectivity index (χ3n) is 5.73. The number of hydrogen-bond acceptors (Lipinski definition) is 7. The van der Waals surface area contributed by atoms with Crippen LogP contribution in [0, 0.1) is 0 Å². The summed E-state index contributed by atoms with van der Waals surface area (Å²) in [7, 11) is 2.97. The Bertz CT molecular complexity index is 1620. The van der Waals surface area contributed by atoms with Gasteiger partial charge in [-0.05, 0) is 53.2 Å². The van der Waals surface area contributed by atoms with Gasteiger partial charge in [0.2, 0.25) is 0 Å². The smallest absolute Gasteiger partial charge is 0.343 e. The van der Waals surface area contributed by atoms with Crippen molar-refractivity contribution in [3.05, 3.63) is 99.5 Å². The van der Waals surface area contributed by atoms with Crippen molar-refractivity contribution in [1.82, 2.24) is 10.7 Å². The molecule has 2 N–H and O–H groups in total. The molecule has 40 heavy (non-hydrogen) atoms. The van der Waals surface area contributed by atoms with E-state index in [1.54, 1.807) is 24.3 Å². The summed E-state index contributed by atoms with van der Waals surface area (Å²) in [5, 5.41) is 8.65. The van der Waals surface area contributed by atoms with E-state index in [4.69, 9.17) is 37.4 Å². The van der Waals surface area contributed by atoms with Crippen LogP contribution in [-0.4, -0.2) is 44.8 Å². The van der Waals surface area contributed by atoms with Crippen molar-refractivity contribution in [2.45, 2.75) is 0 Å². The quantitative estimate of drug-likeness (QED) is 0.121. The summed E-state index contributed by atoms with van der Waals surface area (Å²) in [4.78, 5) is 37.6. The van der Waals surface area contributed by atoms with Crippen molar-refractivity contribution in [3.8, 4) is 17.2 Å². The third kappa shape index (κ3) is 6.69. The number of esters is 1. The molecule has 0 aliphatic heterocycles. The Labute approximate surface area is 239 Å². The van der Waals surface area contributed by atoms with Crippen molar-refractivity contribution in [2.75, 3.05) is 20.8 Å². The molecule has 0 saturated carbocycles. The van der Waals surface area contributed by atoms with Crippen LogP contribution < -0.4 is 25.0 Å². The van der Waals surface area contributed by atoms with Gasteiger partial charge < -0.3 is 19.5 Å². The predicted octanol–water partition coefficient (Wildman–Crippen LogP) is 5.26. The van der Waals surface area contributed by atoms with E-state index in [0.717, 1.165) is 10.8 Å². The number of benzene rings is 4. The van der Waals surface area contributed by atoms with Crippen LogP contribution in [0.25, 0.3) is 10.8 Å². The van der Waals surface area contributed by atoms with Gasteiger partial charge in [-0.25, -0.2) is 10.2 Å². The minimum Gasteiger partial charge on any atom is -0.493 e. The first-order valence-electron chi connectivity index (χ1n) is 11.8. The number of carbonyl (C=O) groups is 3. The van der Waals surface area contributed by atoms with Crippen molar-refractivity contribution in [3.63, 3.8) is 0 Å². The molecule has 2 amide bonds. The SMILES string of the molecule is COc1ccc(C(=O)Oc2ccc3ccccc3c2/C=N\NC(=O)CNC(=O)c2ccc(Cl)c(Cl)c2)cc1OC. The van der Waals surface area contributed by atoms with E-state index in [9.17, 15) is 14.4 Å². The van der Waals surface area contributed by atoms with Crippen LogP contribution in [0.15, 0.2) is 77.9 Å². The maximum atomic E-state index is 13.0. The van der Waals surface area contributed by atoms with E-state index < -0.39 is 17.8 Å². The average Bonchev–Trinajstić information content (AvgIpc) is 2.97. The minimum absolute atomic E-state index is 0.223. The highest BCUT2D eigenvalue weighted by molar-refractivity contribution is 6.42. The van der Waals surface area contributed by atoms with Gasteiger partial charge in [-0.2, -0.15) is 5.10 Å². The second-order valence-electron chi connectivity index (χ2n) is 8.26. The van der Waals surface area contributed by atoms with Gasteiger partial charge in [-0.15, -0.1) is 0 Å². The van der Waals surface area contributed by atoms with E-state index in [-0.39, 0.29) is 28.4 Å². The number of carbonyl (C=O) groups excluding carboxylic acids is 3. The fourth-order valence-corrected chi connectivity index (χ4v) is 4.03. The predicted molar refractivity (Wildman–Crippen MR) is 153 cm³/mol. The number of halogens is 2. The minimum atomic E-state index is -0.625. The van der Waals surface area contributed by atoms with Crippen molar-refractivity contribution in [2.24, 2.45) is 5.10 Å². The number of hydrazone groups is 1. The first-order valence-corrected chi connectivity index (χ1v) is 12.6. The van der Waals surface area contributed by atoms with Gasteiger partial charge in [0.15, 0.2) is 11.5 Å². The molecule has 4 aromatic carbocycles. The third-order valence-corrected chi connectivity index (χ3v) is 6.47. The number of nitrogens with one attached hydrogen (secondary N) is 2. The summed E-state index contributed by atoms with van der Waals surface area (Å²) in [6, 6.07) is 19.9. The van der Waals surface area contributed by atoms with Crippen LogP contribution in [0.2, 0.25) is 10.0 Å². The molecule has 0 radical (unpaired) electrons. The van der Waals surface area contributed by atoms with Crippen LogP contribution in [0.5, 0.6) is 17.2 Å². The first-order chi connectivity index (χ1) is 19.3. The molecule has 0 bridgehead atoms. The van der Waals surface area contributed by atoms with Gasteiger partial charge in [0.1, 0.15) is 5.75 Å². The maximum absolute atomic E-state index is 13.0. The van der Waals surface area contributed by atoms with Crippen LogP contribution in [0.4, 0.5) is 0 Å². The van der Waals surface area contributed by atoms with E-state index in [1.165, 1.54) is 44.7 Å². The molecular formula is C29H23Cl2N3O6. The van der Waals surface area contributed by atoms with Crippen LogP contribution in [-0.2, 0) is 4.79 Å². The summed E-state index contributed by atoms with van der Waals surface area (Å²) < 4.78 is 16.2. The van der Waals surface area contributed by atoms with Crippen molar-refractivity contribution in [1.29, 1.82) is 0 Å². The van der Waals surface area contributed by atoms with Gasteiger partial charge in [-0.1, -0.05) is 53.5 Å². The number of rotatable bonds is 9. The average molecular weight is 580 g/mol. The molecule has 0 spiro atoms. The number of hydrogen-bond donors (Lipinski definition) is 2.